The van der Waals surface area contributed by atoms with E-state index in [0.29, 0.717) is 27.4 Å². The first-order chi connectivity index (χ1) is 10.2. The van der Waals surface area contributed by atoms with Crippen molar-refractivity contribution in [1.29, 1.82) is 0 Å². The summed E-state index contributed by atoms with van der Waals surface area (Å²) >= 11 is 12.6. The molecular formula is C15H10Cl2N4. The minimum absolute atomic E-state index is 0.304. The molecule has 0 bridgehead atoms. The van der Waals surface area contributed by atoms with Crippen molar-refractivity contribution in [3.63, 3.8) is 0 Å². The molecule has 0 aliphatic carbocycles. The van der Waals surface area contributed by atoms with Crippen LogP contribution >= 0.6 is 23.2 Å². The third-order valence-corrected chi connectivity index (χ3v) is 3.59. The van der Waals surface area contributed by atoms with Gasteiger partial charge in [0.15, 0.2) is 5.82 Å². The summed E-state index contributed by atoms with van der Waals surface area (Å²) in [6.45, 7) is 1.99. The number of nitrogens with zero attached hydrogens (tertiary/aromatic N) is 4. The maximum absolute atomic E-state index is 6.31. The number of aromatic nitrogens is 4. The Morgan fingerprint density at radius 3 is 2.29 bits per heavy atom. The summed E-state index contributed by atoms with van der Waals surface area (Å²) in [6, 6.07) is 9.51. The molecule has 0 fully saturated rings. The standard InChI is InChI=1S/C15H10Cl2N4/c1-9-4-2-3-5-10(9)12-13(16)20-15(21-14(12)17)11-6-7-18-8-19-11/h2-8H,1H3. The van der Waals surface area contributed by atoms with Gasteiger partial charge in [-0.1, -0.05) is 47.5 Å². The Morgan fingerprint density at radius 2 is 1.67 bits per heavy atom. The largest absolute Gasteiger partial charge is 0.245 e. The first kappa shape index (κ1) is 13.9. The molecular weight excluding hydrogens is 307 g/mol. The van der Waals surface area contributed by atoms with Gasteiger partial charge in [0.1, 0.15) is 22.3 Å². The highest BCUT2D eigenvalue weighted by molar-refractivity contribution is 6.37. The van der Waals surface area contributed by atoms with Crippen molar-refractivity contribution < 1.29 is 0 Å². The van der Waals surface area contributed by atoms with Crippen molar-refractivity contribution in [2.24, 2.45) is 0 Å². The second-order valence-corrected chi connectivity index (χ2v) is 5.13. The first-order valence-electron chi connectivity index (χ1n) is 6.22. The van der Waals surface area contributed by atoms with Crippen LogP contribution in [0.25, 0.3) is 22.6 Å². The van der Waals surface area contributed by atoms with E-state index in [2.05, 4.69) is 19.9 Å². The van der Waals surface area contributed by atoms with Crippen LogP contribution in [0.2, 0.25) is 10.3 Å². The molecule has 0 spiro atoms. The van der Waals surface area contributed by atoms with Crippen LogP contribution in [-0.4, -0.2) is 19.9 Å². The molecule has 3 rings (SSSR count). The average molecular weight is 317 g/mol. The van der Waals surface area contributed by atoms with E-state index in [0.717, 1.165) is 11.1 Å². The van der Waals surface area contributed by atoms with Gasteiger partial charge in [0, 0.05) is 6.20 Å². The van der Waals surface area contributed by atoms with Crippen LogP contribution in [-0.2, 0) is 0 Å². The molecule has 0 aliphatic rings. The molecule has 4 nitrogen and oxygen atoms in total. The maximum atomic E-state index is 6.31. The lowest BCUT2D eigenvalue weighted by Crippen LogP contribution is -1.97. The highest BCUT2D eigenvalue weighted by atomic mass is 35.5. The van der Waals surface area contributed by atoms with Gasteiger partial charge in [0.25, 0.3) is 0 Å². The molecule has 104 valence electrons. The van der Waals surface area contributed by atoms with Gasteiger partial charge >= 0.3 is 0 Å². The third-order valence-electron chi connectivity index (χ3n) is 3.05. The Morgan fingerprint density at radius 1 is 0.952 bits per heavy atom. The fourth-order valence-electron chi connectivity index (χ4n) is 2.02. The van der Waals surface area contributed by atoms with Gasteiger partial charge in [-0.3, -0.25) is 0 Å². The predicted octanol–water partition coefficient (Wildman–Crippen LogP) is 4.22. The zero-order valence-electron chi connectivity index (χ0n) is 11.1. The highest BCUT2D eigenvalue weighted by Crippen LogP contribution is 2.35. The van der Waals surface area contributed by atoms with Gasteiger partial charge in [0.05, 0.1) is 5.56 Å². The first-order valence-corrected chi connectivity index (χ1v) is 6.98. The van der Waals surface area contributed by atoms with E-state index in [9.17, 15) is 0 Å². The Labute approximate surface area is 131 Å². The van der Waals surface area contributed by atoms with Crippen LogP contribution in [0.5, 0.6) is 0 Å². The third kappa shape index (κ3) is 2.73. The molecule has 0 saturated carbocycles. The van der Waals surface area contributed by atoms with Gasteiger partial charge in [0.2, 0.25) is 0 Å². The minimum Gasteiger partial charge on any atom is -0.245 e. The van der Waals surface area contributed by atoms with Crippen molar-refractivity contribution in [1.82, 2.24) is 19.9 Å². The van der Waals surface area contributed by atoms with E-state index < -0.39 is 0 Å². The van der Waals surface area contributed by atoms with Crippen molar-refractivity contribution in [3.05, 3.63) is 58.7 Å². The van der Waals surface area contributed by atoms with Gasteiger partial charge in [-0.15, -0.1) is 0 Å². The lowest BCUT2D eigenvalue weighted by Gasteiger charge is -2.10. The van der Waals surface area contributed by atoms with Crippen LogP contribution in [0.1, 0.15) is 5.56 Å². The fraction of sp³-hybridized carbons (Fsp3) is 0.0667. The fourth-order valence-corrected chi connectivity index (χ4v) is 2.61. The monoisotopic (exact) mass is 316 g/mol. The number of hydrogen-bond acceptors (Lipinski definition) is 4. The molecule has 1 aromatic carbocycles. The van der Waals surface area contributed by atoms with Crippen molar-refractivity contribution in [2.75, 3.05) is 0 Å². The lowest BCUT2D eigenvalue weighted by atomic mass is 10.0. The van der Waals surface area contributed by atoms with Crippen molar-refractivity contribution in [2.45, 2.75) is 6.92 Å². The predicted molar refractivity (Wildman–Crippen MR) is 83.3 cm³/mol. The van der Waals surface area contributed by atoms with Crippen molar-refractivity contribution in [3.8, 4) is 22.6 Å². The van der Waals surface area contributed by atoms with E-state index >= 15 is 0 Å². The molecule has 0 radical (unpaired) electrons. The molecule has 0 aliphatic heterocycles. The van der Waals surface area contributed by atoms with Gasteiger partial charge in [-0.25, -0.2) is 19.9 Å². The number of benzene rings is 1. The van der Waals surface area contributed by atoms with E-state index in [1.807, 2.05) is 31.2 Å². The molecule has 21 heavy (non-hydrogen) atoms. The molecule has 0 saturated heterocycles. The molecule has 0 N–H and O–H groups in total. The quantitative estimate of drug-likeness (QED) is 0.664. The zero-order valence-corrected chi connectivity index (χ0v) is 12.6. The van der Waals surface area contributed by atoms with Crippen LogP contribution in [0.15, 0.2) is 42.9 Å². The number of halogens is 2. The van der Waals surface area contributed by atoms with Gasteiger partial charge in [-0.05, 0) is 24.1 Å². The van der Waals surface area contributed by atoms with E-state index in [1.54, 1.807) is 12.3 Å². The molecule has 0 unspecified atom stereocenters. The summed E-state index contributed by atoms with van der Waals surface area (Å²) < 4.78 is 0. The number of aryl methyl sites for hydroxylation is 1. The van der Waals surface area contributed by atoms with E-state index in [4.69, 9.17) is 23.2 Å². The molecule has 3 aromatic rings. The van der Waals surface area contributed by atoms with Crippen LogP contribution < -0.4 is 0 Å². The van der Waals surface area contributed by atoms with Crippen LogP contribution in [0.4, 0.5) is 0 Å². The van der Waals surface area contributed by atoms with Crippen LogP contribution in [0.3, 0.4) is 0 Å². The number of hydrogen-bond donors (Lipinski definition) is 0. The van der Waals surface area contributed by atoms with E-state index in [-0.39, 0.29) is 0 Å². The van der Waals surface area contributed by atoms with Crippen LogP contribution in [0, 0.1) is 6.92 Å². The summed E-state index contributed by atoms with van der Waals surface area (Å²) in [4.78, 5) is 16.6. The molecule has 6 heteroatoms. The second-order valence-electron chi connectivity index (χ2n) is 4.41. The summed E-state index contributed by atoms with van der Waals surface area (Å²) in [5, 5.41) is 0.607. The zero-order chi connectivity index (χ0) is 14.8. The Kier molecular flexibility index (Phi) is 3.82. The van der Waals surface area contributed by atoms with Gasteiger partial charge < -0.3 is 0 Å². The summed E-state index contributed by atoms with van der Waals surface area (Å²) in [6.07, 6.45) is 3.04. The lowest BCUT2D eigenvalue weighted by molar-refractivity contribution is 1.10. The summed E-state index contributed by atoms with van der Waals surface area (Å²) in [7, 11) is 0. The second kappa shape index (κ2) is 5.76. The SMILES string of the molecule is Cc1ccccc1-c1c(Cl)nc(-c2ccncn2)nc1Cl. The average Bonchev–Trinajstić information content (AvgIpc) is 2.49. The molecule has 2 heterocycles. The minimum atomic E-state index is 0.304. The topological polar surface area (TPSA) is 51.6 Å². The van der Waals surface area contributed by atoms with Crippen molar-refractivity contribution >= 4 is 23.2 Å². The molecule has 0 atom stereocenters. The molecule has 0 amide bonds. The van der Waals surface area contributed by atoms with Gasteiger partial charge in [-0.2, -0.15) is 0 Å². The Balaban J connectivity index is 2.16. The maximum Gasteiger partial charge on any atom is 0.181 e. The summed E-state index contributed by atoms with van der Waals surface area (Å²) in [5.41, 5.74) is 3.18. The number of rotatable bonds is 2. The smallest absolute Gasteiger partial charge is 0.181 e. The highest BCUT2D eigenvalue weighted by Gasteiger charge is 2.16. The van der Waals surface area contributed by atoms with E-state index in [1.165, 1.54) is 6.33 Å². The Hall–Kier alpha value is -2.04. The Bertz CT molecular complexity index is 768. The normalized spacial score (nSPS) is 10.6. The molecule has 2 aromatic heterocycles. The summed E-state index contributed by atoms with van der Waals surface area (Å²) in [5.74, 6) is 0.379.